The molecule has 0 radical (unpaired) electrons. The summed E-state index contributed by atoms with van der Waals surface area (Å²) >= 11 is 5.85. The fourth-order valence-corrected chi connectivity index (χ4v) is 2.00. The molecule has 4 heteroatoms. The molecule has 18 heavy (non-hydrogen) atoms. The summed E-state index contributed by atoms with van der Waals surface area (Å²) in [6, 6.07) is 11.0. The minimum atomic E-state index is -0.949. The van der Waals surface area contributed by atoms with Crippen LogP contribution in [0.4, 0.5) is 4.39 Å². The van der Waals surface area contributed by atoms with Crippen molar-refractivity contribution in [2.45, 2.75) is 6.42 Å². The van der Waals surface area contributed by atoms with Crippen molar-refractivity contribution in [1.82, 2.24) is 0 Å². The van der Waals surface area contributed by atoms with E-state index < -0.39 is 5.97 Å². The van der Waals surface area contributed by atoms with Gasteiger partial charge in [-0.25, -0.2) is 4.39 Å². The Morgan fingerprint density at radius 1 is 1.22 bits per heavy atom. The second-order valence-electron chi connectivity index (χ2n) is 3.88. The Balaban J connectivity index is 2.52. The van der Waals surface area contributed by atoms with Crippen molar-refractivity contribution < 1.29 is 14.3 Å². The molecule has 0 aliphatic heterocycles. The molecule has 0 bridgehead atoms. The van der Waals surface area contributed by atoms with Gasteiger partial charge in [-0.15, -0.1) is 0 Å². The maximum absolute atomic E-state index is 13.2. The first-order valence-corrected chi connectivity index (χ1v) is 5.70. The largest absolute Gasteiger partial charge is 0.481 e. The molecule has 0 saturated heterocycles. The van der Waals surface area contributed by atoms with Gasteiger partial charge in [0.15, 0.2) is 0 Å². The smallest absolute Gasteiger partial charge is 0.307 e. The highest BCUT2D eigenvalue weighted by Gasteiger charge is 2.10. The van der Waals surface area contributed by atoms with Gasteiger partial charge >= 0.3 is 5.97 Å². The molecule has 0 spiro atoms. The predicted molar refractivity (Wildman–Crippen MR) is 68.2 cm³/mol. The first-order valence-electron chi connectivity index (χ1n) is 5.32. The number of halogens is 2. The van der Waals surface area contributed by atoms with Crippen molar-refractivity contribution in [1.29, 1.82) is 0 Å². The third-order valence-corrected chi connectivity index (χ3v) is 2.78. The summed E-state index contributed by atoms with van der Waals surface area (Å²) < 4.78 is 13.2. The lowest BCUT2D eigenvalue weighted by atomic mass is 9.98. The molecule has 2 aromatic carbocycles. The minimum absolute atomic E-state index is 0.146. The first-order chi connectivity index (χ1) is 8.56. The second-order valence-corrected chi connectivity index (χ2v) is 4.32. The Morgan fingerprint density at radius 3 is 2.67 bits per heavy atom. The molecule has 0 unspecified atom stereocenters. The molecule has 0 amide bonds. The van der Waals surface area contributed by atoms with E-state index in [1.165, 1.54) is 12.1 Å². The zero-order valence-corrected chi connectivity index (χ0v) is 10.1. The molecular weight excluding hydrogens is 255 g/mol. The molecule has 0 aliphatic carbocycles. The van der Waals surface area contributed by atoms with Gasteiger partial charge < -0.3 is 5.11 Å². The van der Waals surface area contributed by atoms with Crippen molar-refractivity contribution in [3.63, 3.8) is 0 Å². The van der Waals surface area contributed by atoms with E-state index in [4.69, 9.17) is 16.7 Å². The van der Waals surface area contributed by atoms with Crippen LogP contribution in [0.5, 0.6) is 0 Å². The van der Waals surface area contributed by atoms with Crippen molar-refractivity contribution in [2.24, 2.45) is 0 Å². The van der Waals surface area contributed by atoms with Crippen LogP contribution < -0.4 is 0 Å². The van der Waals surface area contributed by atoms with E-state index in [1.54, 1.807) is 30.3 Å². The van der Waals surface area contributed by atoms with E-state index in [0.29, 0.717) is 21.7 Å². The monoisotopic (exact) mass is 264 g/mol. The third kappa shape index (κ3) is 2.87. The molecule has 2 aromatic rings. The van der Waals surface area contributed by atoms with E-state index in [1.807, 2.05) is 0 Å². The van der Waals surface area contributed by atoms with Gasteiger partial charge in [0, 0.05) is 5.02 Å². The Labute approximate surface area is 109 Å². The maximum atomic E-state index is 13.2. The molecule has 2 rings (SSSR count). The van der Waals surface area contributed by atoms with Crippen molar-refractivity contribution in [2.75, 3.05) is 0 Å². The van der Waals surface area contributed by atoms with Crippen molar-refractivity contribution in [3.8, 4) is 11.1 Å². The summed E-state index contributed by atoms with van der Waals surface area (Å²) in [4.78, 5) is 10.8. The molecule has 0 heterocycles. The highest BCUT2D eigenvalue weighted by atomic mass is 35.5. The second kappa shape index (κ2) is 5.19. The van der Waals surface area contributed by atoms with E-state index in [2.05, 4.69) is 0 Å². The molecule has 0 fully saturated rings. The highest BCUT2D eigenvalue weighted by molar-refractivity contribution is 6.30. The van der Waals surface area contributed by atoms with Crippen LogP contribution in [0.3, 0.4) is 0 Å². The van der Waals surface area contributed by atoms with Crippen molar-refractivity contribution in [3.05, 3.63) is 58.9 Å². The van der Waals surface area contributed by atoms with E-state index in [0.717, 1.165) is 0 Å². The summed E-state index contributed by atoms with van der Waals surface area (Å²) in [6.07, 6.45) is -0.146. The van der Waals surface area contributed by atoms with Crippen LogP contribution in [0.2, 0.25) is 5.02 Å². The fourth-order valence-electron chi connectivity index (χ4n) is 1.81. The van der Waals surface area contributed by atoms with Gasteiger partial charge in [0.25, 0.3) is 0 Å². The lowest BCUT2D eigenvalue weighted by Gasteiger charge is -2.08. The lowest BCUT2D eigenvalue weighted by Crippen LogP contribution is -2.02. The zero-order chi connectivity index (χ0) is 13.1. The average Bonchev–Trinajstić information content (AvgIpc) is 2.28. The fraction of sp³-hybridized carbons (Fsp3) is 0.0714. The van der Waals surface area contributed by atoms with E-state index >= 15 is 0 Å². The van der Waals surface area contributed by atoms with Crippen molar-refractivity contribution >= 4 is 17.6 Å². The van der Waals surface area contributed by atoms with E-state index in [-0.39, 0.29) is 12.2 Å². The quantitative estimate of drug-likeness (QED) is 0.916. The molecule has 0 aliphatic rings. The van der Waals surface area contributed by atoms with Gasteiger partial charge in [0.2, 0.25) is 0 Å². The number of aliphatic carboxylic acids is 1. The number of hydrogen-bond acceptors (Lipinski definition) is 1. The standard InChI is InChI=1S/C14H10ClFO2/c15-11-4-5-13(10(6-11)8-14(17)18)9-2-1-3-12(16)7-9/h1-7H,8H2,(H,17,18). The Hall–Kier alpha value is -1.87. The number of carboxylic acids is 1. The highest BCUT2D eigenvalue weighted by Crippen LogP contribution is 2.27. The number of rotatable bonds is 3. The van der Waals surface area contributed by atoms with Gasteiger partial charge in [-0.05, 0) is 41.0 Å². The number of hydrogen-bond donors (Lipinski definition) is 1. The summed E-state index contributed by atoms with van der Waals surface area (Å²) in [5.74, 6) is -1.31. The third-order valence-electron chi connectivity index (χ3n) is 2.54. The SMILES string of the molecule is O=C(O)Cc1cc(Cl)ccc1-c1cccc(F)c1. The molecule has 0 atom stereocenters. The van der Waals surface area contributed by atoms with Crippen LogP contribution in [-0.4, -0.2) is 11.1 Å². The van der Waals surface area contributed by atoms with Gasteiger partial charge in [-0.2, -0.15) is 0 Å². The summed E-state index contributed by atoms with van der Waals surface area (Å²) in [7, 11) is 0. The summed E-state index contributed by atoms with van der Waals surface area (Å²) in [5, 5.41) is 9.33. The molecule has 1 N–H and O–H groups in total. The normalized spacial score (nSPS) is 10.3. The zero-order valence-electron chi connectivity index (χ0n) is 9.36. The van der Waals surface area contributed by atoms with Gasteiger partial charge in [0.1, 0.15) is 5.82 Å². The van der Waals surface area contributed by atoms with Gasteiger partial charge in [-0.1, -0.05) is 29.8 Å². The topological polar surface area (TPSA) is 37.3 Å². The Morgan fingerprint density at radius 2 is 2.00 bits per heavy atom. The van der Waals surface area contributed by atoms with Crippen LogP contribution in [0.15, 0.2) is 42.5 Å². The van der Waals surface area contributed by atoms with Crippen LogP contribution in [0.25, 0.3) is 11.1 Å². The van der Waals surface area contributed by atoms with Crippen LogP contribution >= 0.6 is 11.6 Å². The minimum Gasteiger partial charge on any atom is -0.481 e. The molecular formula is C14H10ClFO2. The predicted octanol–water partition coefficient (Wildman–Crippen LogP) is 3.77. The maximum Gasteiger partial charge on any atom is 0.307 e. The van der Waals surface area contributed by atoms with Gasteiger partial charge in [-0.3, -0.25) is 4.79 Å². The Kier molecular flexibility index (Phi) is 3.63. The summed E-state index contributed by atoms with van der Waals surface area (Å²) in [6.45, 7) is 0. The summed E-state index contributed by atoms with van der Waals surface area (Å²) in [5.41, 5.74) is 1.89. The molecule has 0 saturated carbocycles. The van der Waals surface area contributed by atoms with E-state index in [9.17, 15) is 9.18 Å². The molecule has 0 aromatic heterocycles. The number of carbonyl (C=O) groups is 1. The average molecular weight is 265 g/mol. The van der Waals surface area contributed by atoms with Crippen LogP contribution in [-0.2, 0) is 11.2 Å². The molecule has 2 nitrogen and oxygen atoms in total. The van der Waals surface area contributed by atoms with Crippen LogP contribution in [0, 0.1) is 5.82 Å². The lowest BCUT2D eigenvalue weighted by molar-refractivity contribution is -0.136. The Bertz CT molecular complexity index is 596. The van der Waals surface area contributed by atoms with Crippen LogP contribution in [0.1, 0.15) is 5.56 Å². The molecule has 92 valence electrons. The number of carboxylic acid groups (broad SMARTS) is 1. The first kappa shape index (κ1) is 12.6. The number of benzene rings is 2. The van der Waals surface area contributed by atoms with Gasteiger partial charge in [0.05, 0.1) is 6.42 Å².